The third kappa shape index (κ3) is 4.62. The van der Waals surface area contributed by atoms with Gasteiger partial charge in [0.2, 0.25) is 10.0 Å². The maximum atomic E-state index is 12.3. The first kappa shape index (κ1) is 20.4. The molecule has 1 aromatic carbocycles. The molecule has 0 N–H and O–H groups in total. The number of hydrogen-bond donors (Lipinski definition) is 0. The van der Waals surface area contributed by atoms with E-state index in [4.69, 9.17) is 4.74 Å². The predicted octanol–water partition coefficient (Wildman–Crippen LogP) is 1.88. The summed E-state index contributed by atoms with van der Waals surface area (Å²) in [7, 11) is -0.673. The Labute approximate surface area is 155 Å². The highest BCUT2D eigenvalue weighted by Gasteiger charge is 2.26. The zero-order valence-electron chi connectivity index (χ0n) is 15.5. The maximum absolute atomic E-state index is 12.3. The van der Waals surface area contributed by atoms with Crippen molar-refractivity contribution >= 4 is 21.9 Å². The van der Waals surface area contributed by atoms with Crippen molar-refractivity contribution in [2.45, 2.75) is 43.5 Å². The lowest BCUT2D eigenvalue weighted by molar-refractivity contribution is -0.138. The molecule has 1 amide bonds. The summed E-state index contributed by atoms with van der Waals surface area (Å²) in [6.07, 6.45) is 3.96. The Morgan fingerprint density at radius 1 is 1.19 bits per heavy atom. The van der Waals surface area contributed by atoms with Gasteiger partial charge >= 0.3 is 5.97 Å². The van der Waals surface area contributed by atoms with Crippen LogP contribution in [-0.2, 0) is 19.6 Å². The SMILES string of the molecule is CC[C@H]1CCCCN1C(=O)COC(=O)c1ccc(S(=O)(=O)N(C)C)cc1. The molecule has 1 aliphatic rings. The van der Waals surface area contributed by atoms with E-state index in [1.807, 2.05) is 6.92 Å². The topological polar surface area (TPSA) is 84.0 Å². The Kier molecular flexibility index (Phi) is 6.77. The molecule has 1 aliphatic heterocycles. The fourth-order valence-corrected chi connectivity index (χ4v) is 3.92. The Balaban J connectivity index is 1.96. The zero-order valence-corrected chi connectivity index (χ0v) is 16.3. The van der Waals surface area contributed by atoms with Crippen LogP contribution in [0.3, 0.4) is 0 Å². The summed E-state index contributed by atoms with van der Waals surface area (Å²) in [6.45, 7) is 2.45. The molecule has 2 rings (SSSR count). The lowest BCUT2D eigenvalue weighted by atomic mass is 10.00. The van der Waals surface area contributed by atoms with Crippen LogP contribution in [0, 0.1) is 0 Å². The molecule has 0 aliphatic carbocycles. The van der Waals surface area contributed by atoms with Crippen LogP contribution in [0.1, 0.15) is 43.0 Å². The van der Waals surface area contributed by atoms with Crippen LogP contribution in [0.5, 0.6) is 0 Å². The smallest absolute Gasteiger partial charge is 0.338 e. The highest BCUT2D eigenvalue weighted by atomic mass is 32.2. The quantitative estimate of drug-likeness (QED) is 0.702. The maximum Gasteiger partial charge on any atom is 0.338 e. The van der Waals surface area contributed by atoms with E-state index in [0.29, 0.717) is 6.54 Å². The number of ether oxygens (including phenoxy) is 1. The number of rotatable bonds is 6. The Morgan fingerprint density at radius 2 is 1.85 bits per heavy atom. The Bertz CT molecular complexity index is 743. The van der Waals surface area contributed by atoms with Gasteiger partial charge in [-0.1, -0.05) is 6.92 Å². The van der Waals surface area contributed by atoms with Crippen LogP contribution in [-0.4, -0.2) is 62.8 Å². The van der Waals surface area contributed by atoms with Crippen molar-refractivity contribution in [3.05, 3.63) is 29.8 Å². The molecule has 1 heterocycles. The molecule has 0 unspecified atom stereocenters. The standard InChI is InChI=1S/C18H26N2O5S/c1-4-15-7-5-6-12-20(15)17(21)13-25-18(22)14-8-10-16(11-9-14)26(23,24)19(2)3/h8-11,15H,4-7,12-13H2,1-3H3/t15-/m0/s1. The molecule has 0 saturated carbocycles. The zero-order chi connectivity index (χ0) is 19.3. The van der Waals surface area contributed by atoms with E-state index in [1.54, 1.807) is 4.90 Å². The van der Waals surface area contributed by atoms with E-state index in [0.717, 1.165) is 30.0 Å². The third-order valence-electron chi connectivity index (χ3n) is 4.61. The normalized spacial score (nSPS) is 18.0. The van der Waals surface area contributed by atoms with E-state index in [2.05, 4.69) is 0 Å². The number of esters is 1. The molecule has 1 saturated heterocycles. The van der Waals surface area contributed by atoms with Gasteiger partial charge in [0.1, 0.15) is 0 Å². The number of carbonyl (C=O) groups excluding carboxylic acids is 2. The van der Waals surface area contributed by atoms with Gasteiger partial charge in [-0.05, 0) is 49.9 Å². The van der Waals surface area contributed by atoms with Crippen molar-refractivity contribution in [3.8, 4) is 0 Å². The fraction of sp³-hybridized carbons (Fsp3) is 0.556. The molecule has 26 heavy (non-hydrogen) atoms. The summed E-state index contributed by atoms with van der Waals surface area (Å²) in [5, 5.41) is 0. The number of hydrogen-bond acceptors (Lipinski definition) is 5. The minimum Gasteiger partial charge on any atom is -0.452 e. The lowest BCUT2D eigenvalue weighted by Gasteiger charge is -2.35. The second-order valence-electron chi connectivity index (χ2n) is 6.53. The number of amides is 1. The number of piperidine rings is 1. The predicted molar refractivity (Wildman–Crippen MR) is 97.2 cm³/mol. The second-order valence-corrected chi connectivity index (χ2v) is 8.68. The van der Waals surface area contributed by atoms with Gasteiger partial charge in [0.15, 0.2) is 6.61 Å². The van der Waals surface area contributed by atoms with Gasteiger partial charge in [-0.25, -0.2) is 17.5 Å². The summed E-state index contributed by atoms with van der Waals surface area (Å²) in [4.78, 5) is 26.3. The molecule has 0 aromatic heterocycles. The highest BCUT2D eigenvalue weighted by molar-refractivity contribution is 7.89. The molecule has 0 radical (unpaired) electrons. The van der Waals surface area contributed by atoms with E-state index >= 15 is 0 Å². The van der Waals surface area contributed by atoms with Crippen LogP contribution in [0.15, 0.2) is 29.2 Å². The minimum absolute atomic E-state index is 0.0919. The first-order valence-electron chi connectivity index (χ1n) is 8.76. The number of benzene rings is 1. The summed E-state index contributed by atoms with van der Waals surface area (Å²) in [5.74, 6) is -0.825. The number of nitrogens with zero attached hydrogens (tertiary/aromatic N) is 2. The number of sulfonamides is 1. The molecule has 1 aromatic rings. The Hall–Kier alpha value is -1.93. The molecular weight excluding hydrogens is 356 g/mol. The number of likely N-dealkylation sites (tertiary alicyclic amines) is 1. The summed E-state index contributed by atoms with van der Waals surface area (Å²) in [6, 6.07) is 5.69. The molecule has 1 fully saturated rings. The molecule has 1 atom stereocenters. The summed E-state index contributed by atoms with van der Waals surface area (Å²) >= 11 is 0. The van der Waals surface area contributed by atoms with Crippen LogP contribution < -0.4 is 0 Å². The van der Waals surface area contributed by atoms with E-state index in [9.17, 15) is 18.0 Å². The highest BCUT2D eigenvalue weighted by Crippen LogP contribution is 2.20. The second kappa shape index (κ2) is 8.64. The first-order valence-corrected chi connectivity index (χ1v) is 10.2. The largest absolute Gasteiger partial charge is 0.452 e. The molecule has 144 valence electrons. The third-order valence-corrected chi connectivity index (χ3v) is 6.44. The van der Waals surface area contributed by atoms with Crippen molar-refractivity contribution in [3.63, 3.8) is 0 Å². The van der Waals surface area contributed by atoms with Crippen molar-refractivity contribution in [1.29, 1.82) is 0 Å². The van der Waals surface area contributed by atoms with Crippen LogP contribution in [0.4, 0.5) is 0 Å². The lowest BCUT2D eigenvalue weighted by Crippen LogP contribution is -2.45. The average Bonchev–Trinajstić information content (AvgIpc) is 2.65. The minimum atomic E-state index is -3.55. The van der Waals surface area contributed by atoms with Crippen molar-refractivity contribution < 1.29 is 22.7 Å². The number of carbonyl (C=O) groups is 2. The van der Waals surface area contributed by atoms with Gasteiger partial charge in [0, 0.05) is 26.7 Å². The monoisotopic (exact) mass is 382 g/mol. The Morgan fingerprint density at radius 3 is 2.42 bits per heavy atom. The van der Waals surface area contributed by atoms with Crippen molar-refractivity contribution in [2.75, 3.05) is 27.2 Å². The first-order chi connectivity index (χ1) is 12.3. The van der Waals surface area contributed by atoms with Gasteiger partial charge in [0.05, 0.1) is 10.5 Å². The van der Waals surface area contributed by atoms with Crippen molar-refractivity contribution in [2.24, 2.45) is 0 Å². The molecule has 8 heteroatoms. The van der Waals surface area contributed by atoms with Gasteiger partial charge in [0.25, 0.3) is 5.91 Å². The van der Waals surface area contributed by atoms with Crippen LogP contribution >= 0.6 is 0 Å². The van der Waals surface area contributed by atoms with Crippen molar-refractivity contribution in [1.82, 2.24) is 9.21 Å². The summed E-state index contributed by atoms with van der Waals surface area (Å²) in [5.41, 5.74) is 0.209. The van der Waals surface area contributed by atoms with E-state index in [-0.39, 0.29) is 29.0 Å². The average molecular weight is 382 g/mol. The van der Waals surface area contributed by atoms with E-state index < -0.39 is 16.0 Å². The van der Waals surface area contributed by atoms with Gasteiger partial charge in [-0.3, -0.25) is 4.79 Å². The molecule has 0 bridgehead atoms. The molecule has 0 spiro atoms. The summed E-state index contributed by atoms with van der Waals surface area (Å²) < 4.78 is 30.3. The molecule has 7 nitrogen and oxygen atoms in total. The molecular formula is C18H26N2O5S. The van der Waals surface area contributed by atoms with Crippen LogP contribution in [0.2, 0.25) is 0 Å². The van der Waals surface area contributed by atoms with Gasteiger partial charge < -0.3 is 9.64 Å². The van der Waals surface area contributed by atoms with Gasteiger partial charge in [-0.15, -0.1) is 0 Å². The van der Waals surface area contributed by atoms with Gasteiger partial charge in [-0.2, -0.15) is 0 Å². The van der Waals surface area contributed by atoms with E-state index in [1.165, 1.54) is 38.4 Å². The fourth-order valence-electron chi connectivity index (χ4n) is 3.02. The van der Waals surface area contributed by atoms with Crippen LogP contribution in [0.25, 0.3) is 0 Å².